The van der Waals surface area contributed by atoms with Gasteiger partial charge in [-0.15, -0.1) is 0 Å². The number of fused-ring (bicyclic) bond motifs is 6. The van der Waals surface area contributed by atoms with Crippen LogP contribution in [0.25, 0.3) is 0 Å². The first-order valence-corrected chi connectivity index (χ1v) is 8.39. The van der Waals surface area contributed by atoms with Gasteiger partial charge in [-0.1, -0.05) is 12.1 Å². The molecule has 0 bridgehead atoms. The van der Waals surface area contributed by atoms with Crippen LogP contribution in [0.2, 0.25) is 0 Å². The summed E-state index contributed by atoms with van der Waals surface area (Å²) in [6, 6.07) is 14.0. The molecule has 0 atom stereocenters. The van der Waals surface area contributed by atoms with E-state index in [4.69, 9.17) is 9.47 Å². The van der Waals surface area contributed by atoms with E-state index in [0.29, 0.717) is 28.2 Å². The third-order valence-corrected chi connectivity index (χ3v) is 4.99. The highest BCUT2D eigenvalue weighted by molar-refractivity contribution is 6.03. The highest BCUT2D eigenvalue weighted by Crippen LogP contribution is 2.57. The summed E-state index contributed by atoms with van der Waals surface area (Å²) in [6.45, 7) is 0. The first-order chi connectivity index (χ1) is 13.5. The summed E-state index contributed by atoms with van der Waals surface area (Å²) in [7, 11) is 0. The molecule has 5 rings (SSSR count). The largest absolute Gasteiger partial charge is 0.508 e. The number of ether oxygens (including phenoxy) is 2. The molecule has 0 aliphatic carbocycles. The quantitative estimate of drug-likeness (QED) is 0.470. The molecule has 7 heteroatoms. The van der Waals surface area contributed by atoms with E-state index in [9.17, 15) is 19.8 Å². The summed E-state index contributed by atoms with van der Waals surface area (Å²) in [5.41, 5.74) is 0.690. The molecule has 0 aromatic heterocycles. The number of aromatic hydroxyl groups is 2. The highest BCUT2D eigenvalue weighted by atomic mass is 16.6. The van der Waals surface area contributed by atoms with E-state index in [1.54, 1.807) is 36.7 Å². The maximum Gasteiger partial charge on any atom is 0.342 e. The Balaban J connectivity index is 1.88. The Morgan fingerprint density at radius 1 is 0.893 bits per heavy atom. The summed E-state index contributed by atoms with van der Waals surface area (Å²) < 4.78 is 11.8. The van der Waals surface area contributed by atoms with Crippen LogP contribution in [-0.2, 0) is 15.1 Å². The summed E-state index contributed by atoms with van der Waals surface area (Å²) in [5, 5.41) is 22.2. The van der Waals surface area contributed by atoms with Crippen LogP contribution in [0.1, 0.15) is 27.0 Å². The molecule has 0 saturated carbocycles. The molecule has 1 spiro atoms. The molecule has 3 N–H and O–H groups in total. The topological polar surface area (TPSA) is 105 Å². The van der Waals surface area contributed by atoms with Crippen molar-refractivity contribution >= 4 is 18.1 Å². The molecule has 137 valence electrons. The second kappa shape index (κ2) is 5.50. The second-order valence-corrected chi connectivity index (χ2v) is 6.49. The number of anilines is 1. The van der Waals surface area contributed by atoms with E-state index < -0.39 is 11.6 Å². The normalized spacial score (nSPS) is 15.1. The lowest BCUT2D eigenvalue weighted by Crippen LogP contribution is -2.32. The number of carbonyl (C=O) groups excluding carboxylic acids is 2. The molecule has 28 heavy (non-hydrogen) atoms. The lowest BCUT2D eigenvalue weighted by Gasteiger charge is -2.36. The zero-order valence-electron chi connectivity index (χ0n) is 14.2. The third kappa shape index (κ3) is 1.98. The molecule has 7 nitrogen and oxygen atoms in total. The van der Waals surface area contributed by atoms with Gasteiger partial charge in [-0.2, -0.15) is 0 Å². The van der Waals surface area contributed by atoms with Crippen LogP contribution in [0.4, 0.5) is 5.69 Å². The molecule has 2 aliphatic heterocycles. The zero-order valence-corrected chi connectivity index (χ0v) is 14.2. The van der Waals surface area contributed by atoms with Crippen LogP contribution in [-0.4, -0.2) is 22.6 Å². The number of carbonyl (C=O) groups is 1. The first kappa shape index (κ1) is 16.2. The van der Waals surface area contributed by atoms with Gasteiger partial charge in [0.05, 0.1) is 11.3 Å². The van der Waals surface area contributed by atoms with Gasteiger partial charge in [0, 0.05) is 28.8 Å². The Labute approximate surface area is 158 Å². The van der Waals surface area contributed by atoms with Gasteiger partial charge < -0.3 is 25.0 Å². The number of hydrogen-bond acceptors (Lipinski definition) is 6. The van der Waals surface area contributed by atoms with E-state index >= 15 is 0 Å². The Kier molecular flexibility index (Phi) is 3.18. The zero-order chi connectivity index (χ0) is 19.5. The molecule has 1 amide bonds. The van der Waals surface area contributed by atoms with Crippen LogP contribution in [0, 0.1) is 0 Å². The van der Waals surface area contributed by atoms with Gasteiger partial charge in [0.25, 0.3) is 0 Å². The number of hydrogen-bond donors (Lipinski definition) is 3. The van der Waals surface area contributed by atoms with Crippen LogP contribution < -0.4 is 10.1 Å². The Morgan fingerprint density at radius 3 is 2.14 bits per heavy atom. The van der Waals surface area contributed by atoms with Crippen molar-refractivity contribution in [2.24, 2.45) is 0 Å². The lowest BCUT2D eigenvalue weighted by atomic mass is 9.77. The predicted octanol–water partition coefficient (Wildman–Crippen LogP) is 3.14. The summed E-state index contributed by atoms with van der Waals surface area (Å²) >= 11 is 0. The van der Waals surface area contributed by atoms with Crippen molar-refractivity contribution < 1.29 is 29.3 Å². The van der Waals surface area contributed by atoms with Gasteiger partial charge in [0.15, 0.2) is 5.60 Å². The van der Waals surface area contributed by atoms with Crippen LogP contribution in [0.5, 0.6) is 23.0 Å². The van der Waals surface area contributed by atoms with E-state index in [-0.39, 0.29) is 22.7 Å². The van der Waals surface area contributed by atoms with Gasteiger partial charge in [0.2, 0.25) is 0 Å². The van der Waals surface area contributed by atoms with Gasteiger partial charge in [-0.3, -0.25) is 4.79 Å². The Bertz CT molecular complexity index is 1120. The molecule has 2 aliphatic rings. The molecule has 3 aromatic carbocycles. The number of phenols is 2. The van der Waals surface area contributed by atoms with Crippen LogP contribution in [0.15, 0.2) is 54.6 Å². The molecule has 0 saturated heterocycles. The fourth-order valence-corrected chi connectivity index (χ4v) is 3.91. The maximum absolute atomic E-state index is 12.9. The van der Waals surface area contributed by atoms with Gasteiger partial charge in [-0.25, -0.2) is 4.79 Å². The fraction of sp³-hybridized carbons (Fsp3) is 0.0476. The monoisotopic (exact) mass is 374 g/mol. The molecular formula is C21H12NO6. The smallest absolute Gasteiger partial charge is 0.342 e. The average molecular weight is 374 g/mol. The third-order valence-electron chi connectivity index (χ3n) is 4.99. The van der Waals surface area contributed by atoms with Gasteiger partial charge >= 0.3 is 12.4 Å². The number of rotatable bonds is 2. The number of benzene rings is 3. The van der Waals surface area contributed by atoms with Crippen molar-refractivity contribution in [2.75, 3.05) is 5.32 Å². The first-order valence-electron chi connectivity index (χ1n) is 8.39. The van der Waals surface area contributed by atoms with E-state index in [1.807, 2.05) is 0 Å². The summed E-state index contributed by atoms with van der Waals surface area (Å²) in [4.78, 5) is 23.7. The minimum Gasteiger partial charge on any atom is -0.508 e. The SMILES string of the molecule is O=[C]Nc1cccc2c1C(=O)OC21c2ccc(O)cc2Oc2cc(O)ccc21. The van der Waals surface area contributed by atoms with Crippen LogP contribution >= 0.6 is 0 Å². The van der Waals surface area contributed by atoms with Crippen molar-refractivity contribution in [3.63, 3.8) is 0 Å². The van der Waals surface area contributed by atoms with E-state index in [2.05, 4.69) is 5.32 Å². The number of nitrogens with one attached hydrogen (secondary N) is 1. The predicted molar refractivity (Wildman–Crippen MR) is 97.3 cm³/mol. The molecule has 2 heterocycles. The summed E-state index contributed by atoms with van der Waals surface area (Å²) in [6.07, 6.45) is 1.58. The Hall–Kier alpha value is -4.00. The maximum atomic E-state index is 12.9. The van der Waals surface area contributed by atoms with Crippen LogP contribution in [0.3, 0.4) is 0 Å². The highest BCUT2D eigenvalue weighted by Gasteiger charge is 2.54. The van der Waals surface area contributed by atoms with E-state index in [1.165, 1.54) is 24.3 Å². The average Bonchev–Trinajstić information content (AvgIpc) is 2.96. The van der Waals surface area contributed by atoms with Gasteiger partial charge in [-0.05, 0) is 30.3 Å². The number of phenolic OH excluding ortho intramolecular Hbond substituents is 2. The summed E-state index contributed by atoms with van der Waals surface area (Å²) in [5.74, 6) is -0.0764. The molecular weight excluding hydrogens is 362 g/mol. The second-order valence-electron chi connectivity index (χ2n) is 6.49. The molecule has 0 fully saturated rings. The van der Waals surface area contributed by atoms with Crippen molar-refractivity contribution in [1.82, 2.24) is 0 Å². The Morgan fingerprint density at radius 2 is 1.54 bits per heavy atom. The molecule has 0 unspecified atom stereocenters. The minimum atomic E-state index is -1.35. The number of esters is 1. The number of amides is 1. The fourth-order valence-electron chi connectivity index (χ4n) is 3.91. The van der Waals surface area contributed by atoms with Crippen molar-refractivity contribution in [1.29, 1.82) is 0 Å². The van der Waals surface area contributed by atoms with Gasteiger partial charge in [0.1, 0.15) is 23.0 Å². The van der Waals surface area contributed by atoms with Crippen molar-refractivity contribution in [2.45, 2.75) is 5.60 Å². The van der Waals surface area contributed by atoms with Crippen molar-refractivity contribution in [3.8, 4) is 23.0 Å². The van der Waals surface area contributed by atoms with E-state index in [0.717, 1.165) is 0 Å². The van der Waals surface area contributed by atoms with Crippen molar-refractivity contribution in [3.05, 3.63) is 76.9 Å². The standard InChI is InChI=1S/C21H12NO6/c23-10-22-16-3-1-2-15-19(16)20(26)28-21(15)13-6-4-11(24)8-17(13)27-18-9-12(25)5-7-14(18)21/h1-9,24-25H,(H,22,23). The minimum absolute atomic E-state index is 0.0203. The molecule has 3 aromatic rings. The lowest BCUT2D eigenvalue weighted by molar-refractivity contribution is 0.0224. The molecule has 1 radical (unpaired) electrons.